The summed E-state index contributed by atoms with van der Waals surface area (Å²) in [6.07, 6.45) is 4.71. The molecule has 0 aromatic rings. The third kappa shape index (κ3) is 6.93. The number of carboxylic acid groups (broad SMARTS) is 1. The van der Waals surface area contributed by atoms with Crippen LogP contribution in [0.3, 0.4) is 0 Å². The third-order valence-electron chi connectivity index (χ3n) is 2.50. The Hall–Kier alpha value is -1.52. The van der Waals surface area contributed by atoms with E-state index in [2.05, 4.69) is 12.2 Å². The highest BCUT2D eigenvalue weighted by Gasteiger charge is 2.20. The van der Waals surface area contributed by atoms with E-state index in [1.807, 2.05) is 6.92 Å². The van der Waals surface area contributed by atoms with Gasteiger partial charge in [-0.25, -0.2) is 9.59 Å². The fourth-order valence-corrected chi connectivity index (χ4v) is 1.19. The van der Waals surface area contributed by atoms with E-state index in [1.165, 1.54) is 6.20 Å². The lowest BCUT2D eigenvalue weighted by molar-refractivity contribution is -0.147. The fraction of sp³-hybridized carbons (Fsp3) is 0.692. The lowest BCUT2D eigenvalue weighted by Crippen LogP contribution is -2.22. The summed E-state index contributed by atoms with van der Waals surface area (Å²) in [4.78, 5) is 22.5. The molecule has 0 fully saturated rings. The van der Waals surface area contributed by atoms with Crippen molar-refractivity contribution in [2.24, 2.45) is 0 Å². The van der Waals surface area contributed by atoms with Crippen LogP contribution in [0, 0.1) is 0 Å². The fourth-order valence-electron chi connectivity index (χ4n) is 1.19. The molecule has 104 valence electrons. The first-order valence-electron chi connectivity index (χ1n) is 6.40. The number of nitrogens with one attached hydrogen (secondary N) is 1. The highest BCUT2D eigenvalue weighted by molar-refractivity contribution is 6.13. The number of aliphatic carboxylic acids is 1. The van der Waals surface area contributed by atoms with Gasteiger partial charge in [0.05, 0.1) is 6.10 Å². The topological polar surface area (TPSA) is 75.6 Å². The van der Waals surface area contributed by atoms with Crippen LogP contribution in [-0.4, -0.2) is 29.7 Å². The van der Waals surface area contributed by atoms with E-state index in [-0.39, 0.29) is 11.7 Å². The molecule has 0 aliphatic heterocycles. The summed E-state index contributed by atoms with van der Waals surface area (Å²) in [7, 11) is 0. The highest BCUT2D eigenvalue weighted by atomic mass is 16.5. The van der Waals surface area contributed by atoms with E-state index < -0.39 is 11.9 Å². The average Bonchev–Trinajstić information content (AvgIpc) is 2.32. The van der Waals surface area contributed by atoms with Crippen molar-refractivity contribution in [2.75, 3.05) is 6.54 Å². The standard InChI is InChI=1S/C13H23NO4/c1-4-6-7-8-14-9-11(12(15)16)13(17)18-10(3)5-2/h9-10,14H,4-8H2,1-3H3,(H,15,16). The maximum atomic E-state index is 11.6. The quantitative estimate of drug-likeness (QED) is 0.217. The van der Waals surface area contributed by atoms with Gasteiger partial charge in [0.25, 0.3) is 0 Å². The van der Waals surface area contributed by atoms with E-state index in [4.69, 9.17) is 9.84 Å². The summed E-state index contributed by atoms with van der Waals surface area (Å²) < 4.78 is 4.97. The normalized spacial score (nSPS) is 12.9. The number of hydrogen-bond donors (Lipinski definition) is 2. The largest absolute Gasteiger partial charge is 0.477 e. The second-order valence-electron chi connectivity index (χ2n) is 4.15. The van der Waals surface area contributed by atoms with Gasteiger partial charge in [-0.1, -0.05) is 26.7 Å². The molecule has 0 aromatic carbocycles. The van der Waals surface area contributed by atoms with E-state index in [0.29, 0.717) is 13.0 Å². The Morgan fingerprint density at radius 1 is 1.33 bits per heavy atom. The van der Waals surface area contributed by atoms with Crippen LogP contribution in [0.25, 0.3) is 0 Å². The first-order valence-corrected chi connectivity index (χ1v) is 6.40. The zero-order valence-corrected chi connectivity index (χ0v) is 11.4. The van der Waals surface area contributed by atoms with Gasteiger partial charge in [0.15, 0.2) is 5.57 Å². The predicted molar refractivity (Wildman–Crippen MR) is 69.1 cm³/mol. The van der Waals surface area contributed by atoms with E-state index in [1.54, 1.807) is 6.92 Å². The molecule has 18 heavy (non-hydrogen) atoms. The summed E-state index contributed by atoms with van der Waals surface area (Å²) in [5.74, 6) is -2.06. The van der Waals surface area contributed by atoms with E-state index in [9.17, 15) is 9.59 Å². The Labute approximate surface area is 108 Å². The van der Waals surface area contributed by atoms with Gasteiger partial charge in [-0.2, -0.15) is 0 Å². The van der Waals surface area contributed by atoms with Gasteiger partial charge in [0, 0.05) is 12.7 Å². The van der Waals surface area contributed by atoms with Crippen LogP contribution < -0.4 is 5.32 Å². The molecule has 1 unspecified atom stereocenters. The Bertz CT molecular complexity index is 299. The van der Waals surface area contributed by atoms with Gasteiger partial charge in [-0.05, 0) is 19.8 Å². The van der Waals surface area contributed by atoms with Crippen LogP contribution in [0.15, 0.2) is 11.8 Å². The molecule has 0 heterocycles. The monoisotopic (exact) mass is 257 g/mol. The number of carbonyl (C=O) groups excluding carboxylic acids is 1. The SMILES string of the molecule is CCCCCNC=C(C(=O)O)C(=O)OC(C)CC. The van der Waals surface area contributed by atoms with Crippen molar-refractivity contribution in [1.82, 2.24) is 5.32 Å². The molecule has 0 aliphatic carbocycles. The number of carbonyl (C=O) groups is 2. The minimum Gasteiger partial charge on any atom is -0.477 e. The molecule has 0 saturated heterocycles. The number of ether oxygens (including phenoxy) is 1. The molecular formula is C13H23NO4. The molecular weight excluding hydrogens is 234 g/mol. The second kappa shape index (κ2) is 9.50. The van der Waals surface area contributed by atoms with Crippen molar-refractivity contribution in [3.05, 3.63) is 11.8 Å². The van der Waals surface area contributed by atoms with Gasteiger partial charge in [0.2, 0.25) is 0 Å². The summed E-state index contributed by atoms with van der Waals surface area (Å²) in [5, 5.41) is 11.8. The lowest BCUT2D eigenvalue weighted by Gasteiger charge is -2.11. The smallest absolute Gasteiger partial charge is 0.347 e. The number of carboxylic acids is 1. The summed E-state index contributed by atoms with van der Waals surface area (Å²) in [5.41, 5.74) is -0.355. The van der Waals surface area contributed by atoms with Gasteiger partial charge in [-0.15, -0.1) is 0 Å². The average molecular weight is 257 g/mol. The highest BCUT2D eigenvalue weighted by Crippen LogP contribution is 2.04. The molecule has 1 atom stereocenters. The number of unbranched alkanes of at least 4 members (excludes halogenated alkanes) is 2. The zero-order valence-electron chi connectivity index (χ0n) is 11.4. The first-order chi connectivity index (χ1) is 8.52. The van der Waals surface area contributed by atoms with Crippen molar-refractivity contribution >= 4 is 11.9 Å². The second-order valence-corrected chi connectivity index (χ2v) is 4.15. The van der Waals surface area contributed by atoms with Crippen LogP contribution >= 0.6 is 0 Å². The van der Waals surface area contributed by atoms with Crippen molar-refractivity contribution in [3.63, 3.8) is 0 Å². The molecule has 0 bridgehead atoms. The Morgan fingerprint density at radius 3 is 2.50 bits per heavy atom. The van der Waals surface area contributed by atoms with Crippen molar-refractivity contribution in [3.8, 4) is 0 Å². The molecule has 2 N–H and O–H groups in total. The zero-order chi connectivity index (χ0) is 14.0. The van der Waals surface area contributed by atoms with E-state index in [0.717, 1.165) is 19.3 Å². The van der Waals surface area contributed by atoms with Gasteiger partial charge in [-0.3, -0.25) is 0 Å². The van der Waals surface area contributed by atoms with Gasteiger partial charge >= 0.3 is 11.9 Å². The molecule has 0 amide bonds. The van der Waals surface area contributed by atoms with Gasteiger partial charge in [0.1, 0.15) is 0 Å². The molecule has 5 heteroatoms. The van der Waals surface area contributed by atoms with Crippen LogP contribution in [0.2, 0.25) is 0 Å². The van der Waals surface area contributed by atoms with Crippen molar-refractivity contribution < 1.29 is 19.4 Å². The van der Waals surface area contributed by atoms with Crippen molar-refractivity contribution in [2.45, 2.75) is 52.6 Å². The maximum Gasteiger partial charge on any atom is 0.347 e. The maximum absolute atomic E-state index is 11.6. The molecule has 0 spiro atoms. The summed E-state index contributed by atoms with van der Waals surface area (Å²) in [6.45, 7) is 6.33. The number of esters is 1. The molecule has 0 radical (unpaired) electrons. The number of rotatable bonds is 9. The summed E-state index contributed by atoms with van der Waals surface area (Å²) >= 11 is 0. The van der Waals surface area contributed by atoms with Crippen LogP contribution in [0.4, 0.5) is 0 Å². The van der Waals surface area contributed by atoms with Gasteiger partial charge < -0.3 is 15.2 Å². The van der Waals surface area contributed by atoms with Crippen LogP contribution in [0.5, 0.6) is 0 Å². The van der Waals surface area contributed by atoms with Crippen LogP contribution in [-0.2, 0) is 14.3 Å². The summed E-state index contributed by atoms with van der Waals surface area (Å²) in [6, 6.07) is 0. The van der Waals surface area contributed by atoms with E-state index >= 15 is 0 Å². The first kappa shape index (κ1) is 16.5. The molecule has 0 aromatic heterocycles. The van der Waals surface area contributed by atoms with Crippen LogP contribution in [0.1, 0.15) is 46.5 Å². The Morgan fingerprint density at radius 2 is 2.00 bits per heavy atom. The third-order valence-corrected chi connectivity index (χ3v) is 2.50. The molecule has 0 rings (SSSR count). The predicted octanol–water partition coefficient (Wildman–Crippen LogP) is 2.08. The Kier molecular flexibility index (Phi) is 8.70. The molecule has 0 aliphatic rings. The molecule has 0 saturated carbocycles. The lowest BCUT2D eigenvalue weighted by atomic mass is 10.2. The minimum atomic E-state index is -1.27. The van der Waals surface area contributed by atoms with Crippen molar-refractivity contribution in [1.29, 1.82) is 0 Å². The Balaban J connectivity index is 4.32. The molecule has 5 nitrogen and oxygen atoms in total. The minimum absolute atomic E-state index is 0.277. The number of hydrogen-bond acceptors (Lipinski definition) is 4.